The number of aliphatic hydroxyl groups is 1. The Morgan fingerprint density at radius 2 is 2.17 bits per heavy atom. The van der Waals surface area contributed by atoms with Gasteiger partial charge in [-0.25, -0.2) is 0 Å². The number of aliphatic hydroxyl groups excluding tert-OH is 1. The van der Waals surface area contributed by atoms with Gasteiger partial charge in [0, 0.05) is 25.4 Å². The molecule has 0 aliphatic rings. The van der Waals surface area contributed by atoms with Crippen LogP contribution < -0.4 is 10.6 Å². The smallest absolute Gasteiger partial charge is 0.126 e. The summed E-state index contributed by atoms with van der Waals surface area (Å²) in [7, 11) is 0. The highest BCUT2D eigenvalue weighted by Gasteiger charge is 2.15. The summed E-state index contributed by atoms with van der Waals surface area (Å²) in [6.45, 7) is 7.56. The molecule has 1 aromatic rings. The van der Waals surface area contributed by atoms with E-state index in [1.165, 1.54) is 0 Å². The Labute approximate surface area is 108 Å². The molecule has 0 saturated heterocycles. The van der Waals surface area contributed by atoms with E-state index in [0.29, 0.717) is 12.0 Å². The Morgan fingerprint density at radius 3 is 2.67 bits per heavy atom. The number of nitrogens with one attached hydrogen (secondary N) is 1. The van der Waals surface area contributed by atoms with Gasteiger partial charge in [0.05, 0.1) is 16.9 Å². The minimum Gasteiger partial charge on any atom is -0.396 e. The lowest BCUT2D eigenvalue weighted by molar-refractivity contribution is 0.289. The maximum Gasteiger partial charge on any atom is 0.126 e. The molecule has 0 unspecified atom stereocenters. The van der Waals surface area contributed by atoms with Crippen LogP contribution in [0.4, 0.5) is 5.69 Å². The third-order valence-corrected chi connectivity index (χ3v) is 2.89. The van der Waals surface area contributed by atoms with Crippen LogP contribution in [-0.4, -0.2) is 35.6 Å². The fourth-order valence-corrected chi connectivity index (χ4v) is 2.10. The SMILES string of the molecule is CCN(CCCO)c1cc(C)nc(C)c1C(=N)N. The molecular weight excluding hydrogens is 228 g/mol. The van der Waals surface area contributed by atoms with E-state index < -0.39 is 0 Å². The van der Waals surface area contributed by atoms with Crippen LogP contribution in [0.2, 0.25) is 0 Å². The molecule has 0 radical (unpaired) electrons. The van der Waals surface area contributed by atoms with Gasteiger partial charge in [0.1, 0.15) is 5.84 Å². The molecule has 5 heteroatoms. The number of aromatic nitrogens is 1. The predicted octanol–water partition coefficient (Wildman–Crippen LogP) is 1.19. The average Bonchev–Trinajstić information content (AvgIpc) is 2.28. The molecular formula is C13H22N4O. The molecule has 18 heavy (non-hydrogen) atoms. The molecule has 1 rings (SSSR count). The summed E-state index contributed by atoms with van der Waals surface area (Å²) in [5, 5.41) is 16.6. The summed E-state index contributed by atoms with van der Waals surface area (Å²) in [6.07, 6.45) is 0.700. The van der Waals surface area contributed by atoms with Gasteiger partial charge in [-0.05, 0) is 33.3 Å². The number of nitrogens with zero attached hydrogens (tertiary/aromatic N) is 2. The molecule has 0 fully saturated rings. The summed E-state index contributed by atoms with van der Waals surface area (Å²) in [6, 6.07) is 1.95. The van der Waals surface area contributed by atoms with Crippen LogP contribution in [0.3, 0.4) is 0 Å². The first kappa shape index (κ1) is 14.4. The topological polar surface area (TPSA) is 86.2 Å². The number of nitrogen functional groups attached to an aromatic ring is 1. The van der Waals surface area contributed by atoms with Crippen molar-refractivity contribution in [3.05, 3.63) is 23.0 Å². The second kappa shape index (κ2) is 6.35. The summed E-state index contributed by atoms with van der Waals surface area (Å²) in [5.74, 6) is 0.0393. The normalized spacial score (nSPS) is 10.4. The molecule has 5 nitrogen and oxygen atoms in total. The molecule has 0 aliphatic heterocycles. The Morgan fingerprint density at radius 1 is 1.50 bits per heavy atom. The highest BCUT2D eigenvalue weighted by Crippen LogP contribution is 2.23. The first-order valence-electron chi connectivity index (χ1n) is 6.19. The van der Waals surface area contributed by atoms with Crippen LogP contribution in [0.5, 0.6) is 0 Å². The zero-order chi connectivity index (χ0) is 13.7. The molecule has 0 spiro atoms. The first-order chi connectivity index (χ1) is 8.51. The Balaban J connectivity index is 3.22. The molecule has 1 heterocycles. The van der Waals surface area contributed by atoms with Crippen molar-refractivity contribution in [1.82, 2.24) is 4.98 Å². The van der Waals surface area contributed by atoms with Crippen molar-refractivity contribution in [1.29, 1.82) is 5.41 Å². The summed E-state index contributed by atoms with van der Waals surface area (Å²) in [4.78, 5) is 6.48. The van der Waals surface area contributed by atoms with Crippen molar-refractivity contribution in [2.75, 3.05) is 24.6 Å². The van der Waals surface area contributed by atoms with Crippen molar-refractivity contribution >= 4 is 11.5 Å². The number of nitrogens with two attached hydrogens (primary N) is 1. The maximum atomic E-state index is 8.94. The number of aryl methyl sites for hydroxylation is 2. The molecule has 0 bridgehead atoms. The van der Waals surface area contributed by atoms with Gasteiger partial charge in [-0.2, -0.15) is 0 Å². The Kier molecular flexibility index (Phi) is 5.09. The van der Waals surface area contributed by atoms with Crippen LogP contribution in [0, 0.1) is 19.3 Å². The molecule has 0 atom stereocenters. The predicted molar refractivity (Wildman–Crippen MR) is 74.3 cm³/mol. The van der Waals surface area contributed by atoms with E-state index in [4.69, 9.17) is 16.2 Å². The van der Waals surface area contributed by atoms with Gasteiger partial charge in [0.15, 0.2) is 0 Å². The molecule has 4 N–H and O–H groups in total. The number of pyridine rings is 1. The largest absolute Gasteiger partial charge is 0.396 e. The van der Waals surface area contributed by atoms with Gasteiger partial charge in [-0.1, -0.05) is 0 Å². The minimum absolute atomic E-state index is 0.0393. The summed E-state index contributed by atoms with van der Waals surface area (Å²) < 4.78 is 0. The standard InChI is InChI=1S/C13H22N4O/c1-4-17(6-5-7-18)11-8-9(2)16-10(3)12(11)13(14)15/h8,18H,4-7H2,1-3H3,(H3,14,15). The van der Waals surface area contributed by atoms with Crippen molar-refractivity contribution in [3.63, 3.8) is 0 Å². The monoisotopic (exact) mass is 250 g/mol. The zero-order valence-corrected chi connectivity index (χ0v) is 11.3. The van der Waals surface area contributed by atoms with E-state index in [9.17, 15) is 0 Å². The van der Waals surface area contributed by atoms with E-state index in [-0.39, 0.29) is 12.4 Å². The van der Waals surface area contributed by atoms with Crippen LogP contribution in [0.25, 0.3) is 0 Å². The number of anilines is 1. The highest BCUT2D eigenvalue weighted by molar-refractivity contribution is 6.01. The van der Waals surface area contributed by atoms with E-state index in [1.54, 1.807) is 0 Å². The van der Waals surface area contributed by atoms with Gasteiger partial charge in [0.2, 0.25) is 0 Å². The average molecular weight is 250 g/mol. The molecule has 0 saturated carbocycles. The lowest BCUT2D eigenvalue weighted by Crippen LogP contribution is -2.29. The van der Waals surface area contributed by atoms with E-state index in [1.807, 2.05) is 26.8 Å². The third kappa shape index (κ3) is 3.20. The van der Waals surface area contributed by atoms with E-state index >= 15 is 0 Å². The molecule has 0 amide bonds. The number of amidine groups is 1. The first-order valence-corrected chi connectivity index (χ1v) is 6.19. The summed E-state index contributed by atoms with van der Waals surface area (Å²) >= 11 is 0. The van der Waals surface area contributed by atoms with Gasteiger partial charge in [-0.3, -0.25) is 10.4 Å². The van der Waals surface area contributed by atoms with E-state index in [2.05, 4.69) is 9.88 Å². The van der Waals surface area contributed by atoms with Crippen LogP contribution >= 0.6 is 0 Å². The third-order valence-electron chi connectivity index (χ3n) is 2.89. The summed E-state index contributed by atoms with van der Waals surface area (Å²) in [5.41, 5.74) is 8.97. The van der Waals surface area contributed by atoms with Crippen LogP contribution in [0.15, 0.2) is 6.07 Å². The molecule has 0 aromatic carbocycles. The Bertz CT molecular complexity index is 431. The second-order valence-corrected chi connectivity index (χ2v) is 4.31. The highest BCUT2D eigenvalue weighted by atomic mass is 16.3. The minimum atomic E-state index is 0.0393. The maximum absolute atomic E-state index is 8.94. The van der Waals surface area contributed by atoms with Gasteiger partial charge >= 0.3 is 0 Å². The van der Waals surface area contributed by atoms with Crippen molar-refractivity contribution in [2.24, 2.45) is 5.73 Å². The quantitative estimate of drug-likeness (QED) is 0.523. The molecule has 0 aliphatic carbocycles. The molecule has 100 valence electrons. The van der Waals surface area contributed by atoms with Gasteiger partial charge in [0.25, 0.3) is 0 Å². The van der Waals surface area contributed by atoms with Gasteiger partial charge in [-0.15, -0.1) is 0 Å². The second-order valence-electron chi connectivity index (χ2n) is 4.31. The molecule has 1 aromatic heterocycles. The fourth-order valence-electron chi connectivity index (χ4n) is 2.10. The van der Waals surface area contributed by atoms with Crippen molar-refractivity contribution in [3.8, 4) is 0 Å². The van der Waals surface area contributed by atoms with Crippen molar-refractivity contribution in [2.45, 2.75) is 27.2 Å². The van der Waals surface area contributed by atoms with Gasteiger partial charge < -0.3 is 15.7 Å². The number of hydrogen-bond donors (Lipinski definition) is 3. The number of rotatable bonds is 6. The number of hydrogen-bond acceptors (Lipinski definition) is 4. The van der Waals surface area contributed by atoms with E-state index in [0.717, 1.165) is 30.2 Å². The van der Waals surface area contributed by atoms with Crippen molar-refractivity contribution < 1.29 is 5.11 Å². The lowest BCUT2D eigenvalue weighted by atomic mass is 10.1. The van der Waals surface area contributed by atoms with Crippen LogP contribution in [-0.2, 0) is 0 Å². The van der Waals surface area contributed by atoms with Crippen LogP contribution in [0.1, 0.15) is 30.3 Å². The lowest BCUT2D eigenvalue weighted by Gasteiger charge is -2.26. The Hall–Kier alpha value is -1.62. The fraction of sp³-hybridized carbons (Fsp3) is 0.538. The zero-order valence-electron chi connectivity index (χ0n) is 11.3.